The van der Waals surface area contributed by atoms with Gasteiger partial charge in [-0.2, -0.15) is 0 Å². The third-order valence-corrected chi connectivity index (χ3v) is 7.08. The summed E-state index contributed by atoms with van der Waals surface area (Å²) >= 11 is 0. The summed E-state index contributed by atoms with van der Waals surface area (Å²) in [4.78, 5) is 36.6. The molecule has 1 saturated heterocycles. The van der Waals surface area contributed by atoms with Crippen LogP contribution in [0, 0.1) is 12.7 Å². The Morgan fingerprint density at radius 2 is 1.80 bits per heavy atom. The van der Waals surface area contributed by atoms with E-state index in [2.05, 4.69) is 26.9 Å². The molecule has 0 unspecified atom stereocenters. The van der Waals surface area contributed by atoms with E-state index in [1.807, 2.05) is 30.3 Å². The SMILES string of the molecule is C=N/C(=C\C(N)=Nc1cccc(N2CCOCC2)c1)Oc1ccc(NC(=O)c2c(C)n(C)n(-c3ccccc3)c2=O)cc1F. The molecule has 1 fully saturated rings. The number of aromatic nitrogens is 2. The maximum atomic E-state index is 15.0. The maximum Gasteiger partial charge on any atom is 0.284 e. The van der Waals surface area contributed by atoms with Gasteiger partial charge in [-0.05, 0) is 56.1 Å². The Morgan fingerprint density at radius 3 is 2.50 bits per heavy atom. The fourth-order valence-corrected chi connectivity index (χ4v) is 4.79. The molecule has 0 bridgehead atoms. The Kier molecular flexibility index (Phi) is 9.01. The lowest BCUT2D eigenvalue weighted by molar-refractivity contribution is 0.102. The van der Waals surface area contributed by atoms with Crippen LogP contribution >= 0.6 is 0 Å². The molecular formula is C32H32FN7O4. The van der Waals surface area contributed by atoms with Crippen molar-refractivity contribution in [2.75, 3.05) is 36.5 Å². The zero-order valence-electron chi connectivity index (χ0n) is 24.4. The summed E-state index contributed by atoms with van der Waals surface area (Å²) < 4.78 is 29.0. The van der Waals surface area contributed by atoms with E-state index in [0.717, 1.165) is 24.8 Å². The van der Waals surface area contributed by atoms with Crippen LogP contribution in [-0.2, 0) is 11.8 Å². The van der Waals surface area contributed by atoms with Crippen molar-refractivity contribution in [3.8, 4) is 11.4 Å². The van der Waals surface area contributed by atoms with E-state index in [4.69, 9.17) is 15.2 Å². The van der Waals surface area contributed by atoms with Crippen molar-refractivity contribution in [3.05, 3.63) is 112 Å². The monoisotopic (exact) mass is 597 g/mol. The average molecular weight is 598 g/mol. The topological polar surface area (TPSA) is 128 Å². The van der Waals surface area contributed by atoms with E-state index in [1.165, 1.54) is 22.9 Å². The standard InChI is InChI=1S/C32H32FN7O4/c1-21-30(32(42)40(38(21)3)24-9-5-4-6-10-24)31(41)37-23-12-13-27(26(33)19-23)44-29(35-2)20-28(34)36-22-8-7-11-25(18-22)39-14-16-43-17-15-39/h4-13,18-20H,2,14-17H2,1,3H3,(H2,34,36)(H,37,41)/b29-20+. The van der Waals surface area contributed by atoms with Gasteiger partial charge in [0, 0.05) is 43.7 Å². The number of amides is 1. The van der Waals surface area contributed by atoms with Crippen molar-refractivity contribution in [1.29, 1.82) is 0 Å². The van der Waals surface area contributed by atoms with Crippen molar-refractivity contribution in [2.24, 2.45) is 22.8 Å². The average Bonchev–Trinajstić information content (AvgIpc) is 3.25. The number of anilines is 2. The smallest absolute Gasteiger partial charge is 0.284 e. The quantitative estimate of drug-likeness (QED) is 0.168. The van der Waals surface area contributed by atoms with E-state index in [0.29, 0.717) is 30.3 Å². The minimum Gasteiger partial charge on any atom is -0.436 e. The summed E-state index contributed by atoms with van der Waals surface area (Å²) in [5, 5.41) is 2.59. The minimum absolute atomic E-state index is 0.0524. The van der Waals surface area contributed by atoms with Gasteiger partial charge in [-0.1, -0.05) is 24.3 Å². The predicted octanol–water partition coefficient (Wildman–Crippen LogP) is 4.32. The van der Waals surface area contributed by atoms with Gasteiger partial charge in [-0.3, -0.25) is 14.3 Å². The summed E-state index contributed by atoms with van der Waals surface area (Å²) in [6, 6.07) is 20.4. The zero-order valence-corrected chi connectivity index (χ0v) is 24.4. The zero-order chi connectivity index (χ0) is 31.2. The molecule has 3 N–H and O–H groups in total. The van der Waals surface area contributed by atoms with Gasteiger partial charge in [0.25, 0.3) is 11.5 Å². The van der Waals surface area contributed by atoms with E-state index in [1.54, 1.807) is 42.9 Å². The molecule has 2 heterocycles. The van der Waals surface area contributed by atoms with Crippen LogP contribution < -0.4 is 26.2 Å². The highest BCUT2D eigenvalue weighted by Gasteiger charge is 2.22. The number of nitrogens with zero attached hydrogens (tertiary/aromatic N) is 5. The molecule has 0 radical (unpaired) electrons. The third kappa shape index (κ3) is 6.60. The van der Waals surface area contributed by atoms with E-state index < -0.39 is 17.3 Å². The highest BCUT2D eigenvalue weighted by molar-refractivity contribution is 6.05. The first-order valence-electron chi connectivity index (χ1n) is 13.8. The Morgan fingerprint density at radius 1 is 1.07 bits per heavy atom. The molecule has 12 heteroatoms. The van der Waals surface area contributed by atoms with E-state index in [9.17, 15) is 9.59 Å². The number of hydrogen-bond acceptors (Lipinski definition) is 7. The van der Waals surface area contributed by atoms with Crippen molar-refractivity contribution >= 4 is 35.5 Å². The van der Waals surface area contributed by atoms with Crippen molar-refractivity contribution in [2.45, 2.75) is 6.92 Å². The Bertz CT molecular complexity index is 1810. The molecule has 1 aliphatic heterocycles. The number of carbonyl (C=O) groups is 1. The lowest BCUT2D eigenvalue weighted by atomic mass is 10.2. The molecule has 1 aromatic heterocycles. The molecule has 0 atom stereocenters. The minimum atomic E-state index is -0.780. The number of nitrogens with two attached hydrogens (primary N) is 1. The van der Waals surface area contributed by atoms with Crippen molar-refractivity contribution in [1.82, 2.24) is 9.36 Å². The number of hydrogen-bond donors (Lipinski definition) is 2. The second-order valence-electron chi connectivity index (χ2n) is 9.93. The second-order valence-corrected chi connectivity index (χ2v) is 9.93. The number of rotatable bonds is 9. The summed E-state index contributed by atoms with van der Waals surface area (Å²) in [5.74, 6) is -1.62. The van der Waals surface area contributed by atoms with Gasteiger partial charge in [-0.15, -0.1) is 0 Å². The number of benzene rings is 3. The van der Waals surface area contributed by atoms with Crippen LogP contribution in [0.25, 0.3) is 5.69 Å². The number of aliphatic imine (C=N–C) groups is 2. The Labute approximate surface area is 253 Å². The van der Waals surface area contributed by atoms with Crippen LogP contribution in [0.3, 0.4) is 0 Å². The molecule has 3 aromatic carbocycles. The molecule has 0 spiro atoms. The van der Waals surface area contributed by atoms with E-state index >= 15 is 4.39 Å². The fourth-order valence-electron chi connectivity index (χ4n) is 4.79. The van der Waals surface area contributed by atoms with Crippen molar-refractivity contribution in [3.63, 3.8) is 0 Å². The molecule has 4 aromatic rings. The van der Waals surface area contributed by atoms with Crippen LogP contribution in [0.1, 0.15) is 16.1 Å². The first-order valence-corrected chi connectivity index (χ1v) is 13.8. The summed E-state index contributed by atoms with van der Waals surface area (Å²) in [6.45, 7) is 8.04. The van der Waals surface area contributed by atoms with Crippen LogP contribution in [0.15, 0.2) is 99.5 Å². The van der Waals surface area contributed by atoms with Gasteiger partial charge in [0.1, 0.15) is 11.4 Å². The number of nitrogens with one attached hydrogen (secondary N) is 1. The van der Waals surface area contributed by atoms with Crippen LogP contribution in [-0.4, -0.2) is 54.1 Å². The molecule has 1 amide bonds. The number of ether oxygens (including phenoxy) is 2. The van der Waals surface area contributed by atoms with Gasteiger partial charge in [0.2, 0.25) is 5.88 Å². The number of para-hydroxylation sites is 1. The first-order chi connectivity index (χ1) is 21.2. The van der Waals surface area contributed by atoms with Crippen molar-refractivity contribution < 1.29 is 18.7 Å². The molecule has 226 valence electrons. The molecule has 1 aliphatic rings. The molecular weight excluding hydrogens is 565 g/mol. The number of morpholine rings is 1. The lowest BCUT2D eigenvalue weighted by Gasteiger charge is -2.28. The second kappa shape index (κ2) is 13.2. The number of amidine groups is 1. The highest BCUT2D eigenvalue weighted by atomic mass is 19.1. The summed E-state index contributed by atoms with van der Waals surface area (Å²) in [6.07, 6.45) is 1.33. The van der Waals surface area contributed by atoms with E-state index in [-0.39, 0.29) is 28.7 Å². The number of carbonyl (C=O) groups excluding carboxylic acids is 1. The van der Waals surface area contributed by atoms with Gasteiger partial charge >= 0.3 is 0 Å². The predicted molar refractivity (Wildman–Crippen MR) is 169 cm³/mol. The normalized spacial score (nSPS) is 13.9. The van der Waals surface area contributed by atoms with Crippen LogP contribution in [0.4, 0.5) is 21.5 Å². The molecule has 11 nitrogen and oxygen atoms in total. The van der Waals surface area contributed by atoms with Gasteiger partial charge in [0.05, 0.1) is 30.3 Å². The maximum absolute atomic E-state index is 15.0. The summed E-state index contributed by atoms with van der Waals surface area (Å²) in [7, 11) is 1.69. The molecule has 44 heavy (non-hydrogen) atoms. The van der Waals surface area contributed by atoms with Gasteiger partial charge in [0.15, 0.2) is 11.6 Å². The third-order valence-electron chi connectivity index (χ3n) is 7.08. The Balaban J connectivity index is 1.29. The highest BCUT2D eigenvalue weighted by Crippen LogP contribution is 2.25. The molecule has 0 aliphatic carbocycles. The van der Waals surface area contributed by atoms with Crippen LogP contribution in [0.5, 0.6) is 5.75 Å². The summed E-state index contributed by atoms with van der Waals surface area (Å²) in [5.41, 5.74) is 8.40. The fraction of sp³-hybridized carbons (Fsp3) is 0.188. The molecule has 0 saturated carbocycles. The largest absolute Gasteiger partial charge is 0.436 e. The lowest BCUT2D eigenvalue weighted by Crippen LogP contribution is -2.36. The molecule has 5 rings (SSSR count). The van der Waals surface area contributed by atoms with Crippen LogP contribution in [0.2, 0.25) is 0 Å². The Hall–Kier alpha value is -5.49. The van der Waals surface area contributed by atoms with Gasteiger partial charge < -0.3 is 25.4 Å². The first kappa shape index (κ1) is 30.0. The number of halogens is 1. The van der Waals surface area contributed by atoms with Gasteiger partial charge in [-0.25, -0.2) is 19.1 Å².